The lowest BCUT2D eigenvalue weighted by Crippen LogP contribution is -2.61. The highest BCUT2D eigenvalue weighted by Crippen LogP contribution is 2.26. The van der Waals surface area contributed by atoms with Gasteiger partial charge in [0.25, 0.3) is 0 Å². The number of carbonyl (C=O) groups excluding carboxylic acids is 1. The molecule has 0 amide bonds. The zero-order valence-electron chi connectivity index (χ0n) is 44.3. The van der Waals surface area contributed by atoms with E-state index in [4.69, 9.17) is 28.4 Å². The Kier molecular flexibility index (Phi) is 40.4. The van der Waals surface area contributed by atoms with Crippen molar-refractivity contribution in [3.05, 3.63) is 109 Å². The molecule has 14 nitrogen and oxygen atoms in total. The third-order valence-corrected chi connectivity index (χ3v) is 12.3. The highest BCUT2D eigenvalue weighted by Gasteiger charge is 2.47. The van der Waals surface area contributed by atoms with Crippen LogP contribution >= 0.6 is 0 Å². The minimum absolute atomic E-state index is 0.0332. The largest absolute Gasteiger partial charge is 0.457 e. The Labute approximate surface area is 438 Å². The van der Waals surface area contributed by atoms with Gasteiger partial charge in [-0.05, 0) is 96.3 Å². The van der Waals surface area contributed by atoms with Crippen molar-refractivity contribution in [1.29, 1.82) is 0 Å². The SMILES string of the molecule is CC/C=C\C/C=C\C/C=C\C/C=C\C/C=C\CCCCCCCCOCC(COC1OC(COC2OC(CO)C(O)C(O)C2O)C(O)C(O)C1O)OC(=O)CCCCCC/C=C\C/C=C\C/C=C\C/C=C\CC. The summed E-state index contributed by atoms with van der Waals surface area (Å²) in [6, 6.07) is 0. The van der Waals surface area contributed by atoms with Crippen LogP contribution < -0.4 is 0 Å². The first-order chi connectivity index (χ1) is 35.6. The molecule has 0 aromatic carbocycles. The summed E-state index contributed by atoms with van der Waals surface area (Å²) in [5.74, 6) is -0.410. The van der Waals surface area contributed by atoms with Crippen molar-refractivity contribution < 1.29 is 69.0 Å². The first kappa shape index (κ1) is 65.8. The van der Waals surface area contributed by atoms with E-state index in [9.17, 15) is 40.5 Å². The van der Waals surface area contributed by atoms with E-state index in [0.29, 0.717) is 13.0 Å². The number of allylic oxidation sites excluding steroid dienone is 18. The number of esters is 1. The molecule has 0 aromatic heterocycles. The van der Waals surface area contributed by atoms with Crippen LogP contribution in [0.5, 0.6) is 0 Å². The van der Waals surface area contributed by atoms with Crippen LogP contribution in [0, 0.1) is 0 Å². The summed E-state index contributed by atoms with van der Waals surface area (Å²) >= 11 is 0. The minimum Gasteiger partial charge on any atom is -0.457 e. The van der Waals surface area contributed by atoms with Crippen molar-refractivity contribution in [3.63, 3.8) is 0 Å². The van der Waals surface area contributed by atoms with Gasteiger partial charge in [0.15, 0.2) is 12.6 Å². The topological polar surface area (TPSA) is 214 Å². The Bertz CT molecular complexity index is 1620. The van der Waals surface area contributed by atoms with Gasteiger partial charge in [0.2, 0.25) is 0 Å². The molecule has 11 unspecified atom stereocenters. The predicted octanol–water partition coefficient (Wildman–Crippen LogP) is 9.18. The fourth-order valence-electron chi connectivity index (χ4n) is 7.89. The lowest BCUT2D eigenvalue weighted by Gasteiger charge is -2.42. The second-order valence-electron chi connectivity index (χ2n) is 18.6. The molecule has 2 aliphatic rings. The van der Waals surface area contributed by atoms with Gasteiger partial charge < -0.3 is 64.2 Å². The summed E-state index contributed by atoms with van der Waals surface area (Å²) in [6.45, 7) is 3.36. The van der Waals surface area contributed by atoms with Gasteiger partial charge in [-0.25, -0.2) is 0 Å². The van der Waals surface area contributed by atoms with Crippen LogP contribution in [0.3, 0.4) is 0 Å². The third kappa shape index (κ3) is 32.0. The predicted molar refractivity (Wildman–Crippen MR) is 288 cm³/mol. The maximum Gasteiger partial charge on any atom is 0.306 e. The number of aliphatic hydroxyl groups is 7. The number of hydrogen-bond acceptors (Lipinski definition) is 14. The second kappa shape index (κ2) is 44.9. The fourth-order valence-corrected chi connectivity index (χ4v) is 7.89. The summed E-state index contributed by atoms with van der Waals surface area (Å²) in [5.41, 5.74) is 0. The van der Waals surface area contributed by atoms with E-state index >= 15 is 0 Å². The number of ether oxygens (including phenoxy) is 6. The smallest absolute Gasteiger partial charge is 0.306 e. The summed E-state index contributed by atoms with van der Waals surface area (Å²) in [5, 5.41) is 72.3. The number of aliphatic hydroxyl groups excluding tert-OH is 7. The molecule has 2 rings (SSSR count). The highest BCUT2D eigenvalue weighted by molar-refractivity contribution is 5.69. The molecule has 73 heavy (non-hydrogen) atoms. The molecule has 416 valence electrons. The molecule has 0 saturated carbocycles. The molecule has 0 aromatic rings. The normalized spacial score (nSPS) is 25.8. The van der Waals surface area contributed by atoms with E-state index in [1.807, 2.05) is 0 Å². The molecule has 0 radical (unpaired) electrons. The van der Waals surface area contributed by atoms with Crippen LogP contribution in [0.25, 0.3) is 0 Å². The van der Waals surface area contributed by atoms with Crippen molar-refractivity contribution in [3.8, 4) is 0 Å². The zero-order valence-corrected chi connectivity index (χ0v) is 44.3. The monoisotopic (exact) mass is 1030 g/mol. The van der Waals surface area contributed by atoms with Gasteiger partial charge in [-0.15, -0.1) is 0 Å². The molecule has 2 aliphatic heterocycles. The van der Waals surface area contributed by atoms with Gasteiger partial charge in [-0.1, -0.05) is 162 Å². The fraction of sp³-hybridized carbons (Fsp3) is 0.678. The first-order valence-electron chi connectivity index (χ1n) is 27.5. The standard InChI is InChI=1S/C59H96O14/c1-3-5-7-9-11-13-15-17-19-21-22-23-24-25-27-29-31-33-35-37-39-41-43-68-45-48(71-51(61)42-40-38-36-34-32-30-28-26-20-18-16-14-12-10-8-6-4-2)46-69-58-57(67)55(65)53(63)50(73-58)47-70-59-56(66)54(64)52(62)49(44-60)72-59/h5-8,11-14,17-20,22-23,25,27-28,30,48-50,52-60,62-67H,3-4,9-10,15-16,21,24,26,29,31-47H2,1-2H3/b7-5-,8-6-,13-11-,14-12-,19-17-,20-18-,23-22-,27-25-,30-28-. The van der Waals surface area contributed by atoms with E-state index in [1.54, 1.807) is 0 Å². The van der Waals surface area contributed by atoms with Gasteiger partial charge in [-0.3, -0.25) is 4.79 Å². The quantitative estimate of drug-likeness (QED) is 0.0173. The van der Waals surface area contributed by atoms with Crippen LogP contribution in [-0.2, 0) is 33.2 Å². The van der Waals surface area contributed by atoms with Crippen molar-refractivity contribution in [1.82, 2.24) is 0 Å². The van der Waals surface area contributed by atoms with E-state index in [2.05, 4.69) is 123 Å². The van der Waals surface area contributed by atoms with Crippen LogP contribution in [0.1, 0.15) is 155 Å². The highest BCUT2D eigenvalue weighted by atomic mass is 16.7. The lowest BCUT2D eigenvalue weighted by molar-refractivity contribution is -0.332. The van der Waals surface area contributed by atoms with E-state index in [1.165, 1.54) is 0 Å². The van der Waals surface area contributed by atoms with Crippen molar-refractivity contribution in [2.45, 2.75) is 223 Å². The Morgan fingerprint density at radius 2 is 0.849 bits per heavy atom. The van der Waals surface area contributed by atoms with Gasteiger partial charge >= 0.3 is 5.97 Å². The lowest BCUT2D eigenvalue weighted by atomic mass is 9.98. The molecule has 14 heteroatoms. The van der Waals surface area contributed by atoms with Crippen molar-refractivity contribution >= 4 is 5.97 Å². The summed E-state index contributed by atoms with van der Waals surface area (Å²) in [6.07, 6.45) is 44.3. The minimum atomic E-state index is -1.72. The van der Waals surface area contributed by atoms with Gasteiger partial charge in [0.1, 0.15) is 54.9 Å². The van der Waals surface area contributed by atoms with E-state index in [-0.39, 0.29) is 19.6 Å². The Morgan fingerprint density at radius 1 is 0.452 bits per heavy atom. The molecule has 2 saturated heterocycles. The Balaban J connectivity index is 1.76. The molecule has 0 spiro atoms. The Hall–Kier alpha value is -3.35. The van der Waals surface area contributed by atoms with Crippen LogP contribution in [-0.4, -0.2) is 142 Å². The summed E-state index contributed by atoms with van der Waals surface area (Å²) in [4.78, 5) is 13.0. The van der Waals surface area contributed by atoms with Crippen molar-refractivity contribution in [2.75, 3.05) is 33.0 Å². The average Bonchev–Trinajstić information content (AvgIpc) is 3.39. The molecular weight excluding hydrogens is 933 g/mol. The van der Waals surface area contributed by atoms with Crippen LogP contribution in [0.15, 0.2) is 109 Å². The molecule has 0 aliphatic carbocycles. The number of rotatable bonds is 42. The second-order valence-corrected chi connectivity index (χ2v) is 18.6. The molecular formula is C59H96O14. The van der Waals surface area contributed by atoms with Crippen LogP contribution in [0.2, 0.25) is 0 Å². The van der Waals surface area contributed by atoms with E-state index < -0.39 is 86.7 Å². The summed E-state index contributed by atoms with van der Waals surface area (Å²) < 4.78 is 34.3. The molecule has 2 fully saturated rings. The number of unbranched alkanes of at least 4 members (excludes halogenated alkanes) is 10. The van der Waals surface area contributed by atoms with Gasteiger partial charge in [0, 0.05) is 13.0 Å². The van der Waals surface area contributed by atoms with Crippen molar-refractivity contribution in [2.24, 2.45) is 0 Å². The summed E-state index contributed by atoms with van der Waals surface area (Å²) in [7, 11) is 0. The zero-order chi connectivity index (χ0) is 53.0. The van der Waals surface area contributed by atoms with Gasteiger partial charge in [-0.2, -0.15) is 0 Å². The van der Waals surface area contributed by atoms with E-state index in [0.717, 1.165) is 128 Å². The molecule has 2 heterocycles. The molecule has 0 bridgehead atoms. The average molecular weight is 1030 g/mol. The molecule has 7 N–H and O–H groups in total. The number of hydrogen-bond donors (Lipinski definition) is 7. The molecule has 11 atom stereocenters. The number of carbonyl (C=O) groups is 1. The first-order valence-corrected chi connectivity index (χ1v) is 27.5. The maximum absolute atomic E-state index is 13.0. The Morgan fingerprint density at radius 3 is 1.33 bits per heavy atom. The van der Waals surface area contributed by atoms with Crippen LogP contribution in [0.4, 0.5) is 0 Å². The third-order valence-electron chi connectivity index (χ3n) is 12.3. The maximum atomic E-state index is 13.0. The van der Waals surface area contributed by atoms with Gasteiger partial charge in [0.05, 0.1) is 26.4 Å².